The zero-order valence-corrected chi connectivity index (χ0v) is 15.8. The smallest absolute Gasteiger partial charge is 0.278 e. The van der Waals surface area contributed by atoms with E-state index in [1.54, 1.807) is 0 Å². The number of halogens is 1. The number of para-hydroxylation sites is 1. The molecular formula is C25H17ClO2. The highest BCUT2D eigenvalue weighted by Gasteiger charge is 2.50. The molecule has 2 nitrogen and oxygen atoms in total. The van der Waals surface area contributed by atoms with Gasteiger partial charge in [0.15, 0.2) is 0 Å². The predicted molar refractivity (Wildman–Crippen MR) is 111 cm³/mol. The summed E-state index contributed by atoms with van der Waals surface area (Å²) in [5.74, 6) is 1.13. The monoisotopic (exact) mass is 384 g/mol. The van der Waals surface area contributed by atoms with E-state index in [0.29, 0.717) is 5.02 Å². The maximum atomic E-state index is 6.62. The van der Waals surface area contributed by atoms with Crippen molar-refractivity contribution >= 4 is 22.4 Å². The summed E-state index contributed by atoms with van der Waals surface area (Å²) >= 11 is 6.13. The van der Waals surface area contributed by atoms with Crippen LogP contribution < -0.4 is 9.47 Å². The van der Waals surface area contributed by atoms with E-state index in [9.17, 15) is 0 Å². The average Bonchev–Trinajstić information content (AvgIpc) is 2.73. The fourth-order valence-corrected chi connectivity index (χ4v) is 4.75. The molecule has 0 saturated carbocycles. The highest BCUT2D eigenvalue weighted by atomic mass is 35.5. The van der Waals surface area contributed by atoms with Crippen molar-refractivity contribution in [2.45, 2.75) is 18.1 Å². The van der Waals surface area contributed by atoms with Crippen molar-refractivity contribution in [3.63, 3.8) is 0 Å². The number of hydrogen-bond acceptors (Lipinski definition) is 2. The van der Waals surface area contributed by atoms with E-state index >= 15 is 0 Å². The lowest BCUT2D eigenvalue weighted by molar-refractivity contribution is -0.148. The minimum absolute atomic E-state index is 0.204. The third-order valence-corrected chi connectivity index (χ3v) is 6.13. The first-order valence-electron chi connectivity index (χ1n) is 9.48. The number of fused-ring (bicyclic) bond motifs is 8. The minimum atomic E-state index is -0.848. The van der Waals surface area contributed by atoms with Crippen LogP contribution in [0.1, 0.15) is 29.0 Å². The number of hydrogen-bond donors (Lipinski definition) is 0. The van der Waals surface area contributed by atoms with Gasteiger partial charge in [0.25, 0.3) is 5.79 Å². The Morgan fingerprint density at radius 3 is 2.39 bits per heavy atom. The summed E-state index contributed by atoms with van der Waals surface area (Å²) in [4.78, 5) is 0. The molecule has 0 amide bonds. The van der Waals surface area contributed by atoms with Crippen LogP contribution in [0.15, 0.2) is 84.9 Å². The van der Waals surface area contributed by atoms with Crippen LogP contribution in [0.3, 0.4) is 0 Å². The van der Waals surface area contributed by atoms with Crippen LogP contribution in [0.25, 0.3) is 10.8 Å². The Labute approximate surface area is 168 Å². The molecule has 0 N–H and O–H groups in total. The standard InChI is InChI=1S/C25H17ClO2/c26-18-12-10-17(11-13-18)25-15-21(20-7-3-4-8-22(20)27-25)24-19-6-2-1-5-16(19)9-14-23(24)28-25/h1-14,21H,15H2/t21-,25-/m1/s1. The van der Waals surface area contributed by atoms with Gasteiger partial charge in [0.05, 0.1) is 0 Å². The van der Waals surface area contributed by atoms with E-state index in [-0.39, 0.29) is 5.92 Å². The second-order valence-electron chi connectivity index (χ2n) is 7.46. The Morgan fingerprint density at radius 2 is 1.50 bits per heavy atom. The number of rotatable bonds is 1. The topological polar surface area (TPSA) is 18.5 Å². The predicted octanol–water partition coefficient (Wildman–Crippen LogP) is 6.65. The van der Waals surface area contributed by atoms with Gasteiger partial charge in [-0.3, -0.25) is 0 Å². The van der Waals surface area contributed by atoms with Crippen LogP contribution in [0.2, 0.25) is 5.02 Å². The Kier molecular flexibility index (Phi) is 3.30. The fraction of sp³-hybridized carbons (Fsp3) is 0.120. The van der Waals surface area contributed by atoms with Crippen molar-refractivity contribution in [3.8, 4) is 11.5 Å². The second kappa shape index (κ2) is 5.76. The number of benzene rings is 4. The lowest BCUT2D eigenvalue weighted by Gasteiger charge is -2.46. The van der Waals surface area contributed by atoms with E-state index in [2.05, 4.69) is 48.5 Å². The molecule has 136 valence electrons. The Morgan fingerprint density at radius 1 is 0.750 bits per heavy atom. The molecule has 2 bridgehead atoms. The van der Waals surface area contributed by atoms with Gasteiger partial charge < -0.3 is 9.47 Å². The van der Waals surface area contributed by atoms with Gasteiger partial charge in [-0.2, -0.15) is 0 Å². The van der Waals surface area contributed by atoms with Crippen molar-refractivity contribution in [2.75, 3.05) is 0 Å². The van der Waals surface area contributed by atoms with Crippen molar-refractivity contribution in [1.29, 1.82) is 0 Å². The molecule has 2 aliphatic rings. The zero-order valence-electron chi connectivity index (χ0n) is 15.1. The van der Waals surface area contributed by atoms with Crippen molar-refractivity contribution in [3.05, 3.63) is 107 Å². The maximum Gasteiger partial charge on any atom is 0.278 e. The van der Waals surface area contributed by atoms with Gasteiger partial charge >= 0.3 is 0 Å². The molecule has 0 aliphatic carbocycles. The number of ether oxygens (including phenoxy) is 2. The fourth-order valence-electron chi connectivity index (χ4n) is 4.62. The Hall–Kier alpha value is -2.97. The van der Waals surface area contributed by atoms with Gasteiger partial charge in [0.2, 0.25) is 0 Å². The molecule has 2 heterocycles. The largest absolute Gasteiger partial charge is 0.448 e. The van der Waals surface area contributed by atoms with Crippen LogP contribution in [0.4, 0.5) is 0 Å². The molecule has 6 rings (SSSR count). The van der Waals surface area contributed by atoms with Crippen molar-refractivity contribution in [2.24, 2.45) is 0 Å². The molecule has 2 atom stereocenters. The quantitative estimate of drug-likeness (QED) is 0.365. The molecule has 0 fully saturated rings. The van der Waals surface area contributed by atoms with Gasteiger partial charge in [-0.05, 0) is 47.2 Å². The SMILES string of the molecule is Clc1ccc([C@]23C[C@H](c4ccccc4O2)c2c(ccc4ccccc24)O3)cc1. The summed E-state index contributed by atoms with van der Waals surface area (Å²) < 4.78 is 13.1. The third kappa shape index (κ3) is 2.22. The summed E-state index contributed by atoms with van der Waals surface area (Å²) in [7, 11) is 0. The molecule has 0 spiro atoms. The molecule has 2 aliphatic heterocycles. The van der Waals surface area contributed by atoms with Gasteiger partial charge in [-0.25, -0.2) is 0 Å². The van der Waals surface area contributed by atoms with Crippen LogP contribution in [0.5, 0.6) is 11.5 Å². The molecule has 0 saturated heterocycles. The maximum absolute atomic E-state index is 6.62. The minimum Gasteiger partial charge on any atom is -0.448 e. The van der Waals surface area contributed by atoms with Crippen molar-refractivity contribution in [1.82, 2.24) is 0 Å². The van der Waals surface area contributed by atoms with Crippen molar-refractivity contribution < 1.29 is 9.47 Å². The summed E-state index contributed by atoms with van der Waals surface area (Å²) in [6.07, 6.45) is 0.729. The van der Waals surface area contributed by atoms with Crippen LogP contribution in [0, 0.1) is 0 Å². The average molecular weight is 385 g/mol. The van der Waals surface area contributed by atoms with E-state index in [4.69, 9.17) is 21.1 Å². The molecule has 0 aromatic heterocycles. The van der Waals surface area contributed by atoms with E-state index in [0.717, 1.165) is 23.5 Å². The highest BCUT2D eigenvalue weighted by molar-refractivity contribution is 6.30. The molecule has 0 unspecified atom stereocenters. The lowest BCUT2D eigenvalue weighted by Crippen LogP contribution is -2.46. The lowest BCUT2D eigenvalue weighted by atomic mass is 9.77. The van der Waals surface area contributed by atoms with Gasteiger partial charge in [-0.1, -0.05) is 60.1 Å². The highest BCUT2D eigenvalue weighted by Crippen LogP contribution is 2.56. The normalized spacial score (nSPS) is 22.0. The summed E-state index contributed by atoms with van der Waals surface area (Å²) in [6.45, 7) is 0. The first kappa shape index (κ1) is 16.0. The zero-order chi connectivity index (χ0) is 18.7. The van der Waals surface area contributed by atoms with E-state index < -0.39 is 5.79 Å². The molecular weight excluding hydrogens is 368 g/mol. The Bertz CT molecular complexity index is 1210. The van der Waals surface area contributed by atoms with Gasteiger partial charge in [0.1, 0.15) is 11.5 Å². The molecule has 28 heavy (non-hydrogen) atoms. The molecule has 4 aromatic rings. The third-order valence-electron chi connectivity index (χ3n) is 5.88. The summed E-state index contributed by atoms with van der Waals surface area (Å²) in [5, 5.41) is 3.18. The van der Waals surface area contributed by atoms with E-state index in [1.807, 2.05) is 36.4 Å². The molecule has 3 heteroatoms. The summed E-state index contributed by atoms with van der Waals surface area (Å²) in [5.41, 5.74) is 3.45. The molecule has 0 radical (unpaired) electrons. The van der Waals surface area contributed by atoms with Gasteiger partial charge in [0, 0.05) is 34.1 Å². The second-order valence-corrected chi connectivity index (χ2v) is 7.89. The Balaban J connectivity index is 1.64. The molecule has 4 aromatic carbocycles. The van der Waals surface area contributed by atoms with Crippen LogP contribution in [-0.4, -0.2) is 0 Å². The van der Waals surface area contributed by atoms with E-state index in [1.165, 1.54) is 21.9 Å². The first-order valence-corrected chi connectivity index (χ1v) is 9.86. The van der Waals surface area contributed by atoms with Crippen LogP contribution >= 0.6 is 11.6 Å². The van der Waals surface area contributed by atoms with Crippen LogP contribution in [-0.2, 0) is 5.79 Å². The first-order chi connectivity index (χ1) is 13.7. The summed E-state index contributed by atoms with van der Waals surface area (Å²) in [6, 6.07) is 28.8. The van der Waals surface area contributed by atoms with Gasteiger partial charge in [-0.15, -0.1) is 0 Å².